The minimum atomic E-state index is -4.64. The van der Waals surface area contributed by atoms with Crippen molar-refractivity contribution >= 4 is 7.82 Å². The molecule has 0 rings (SSSR count). The molecular weight excluding hydrogens is 367 g/mol. The van der Waals surface area contributed by atoms with Gasteiger partial charge in [0.1, 0.15) is 6.26 Å². The molecule has 0 saturated heterocycles. The highest BCUT2D eigenvalue weighted by atomic mass is 31.2. The van der Waals surface area contributed by atoms with Crippen LogP contribution < -0.4 is 0 Å². The van der Waals surface area contributed by atoms with Gasteiger partial charge in [-0.05, 0) is 17.4 Å². The zero-order valence-corrected chi connectivity index (χ0v) is 16.8. The predicted octanol–water partition coefficient (Wildman–Crippen LogP) is 4.50. The predicted molar refractivity (Wildman–Crippen MR) is 95.8 cm³/mol. The van der Waals surface area contributed by atoms with E-state index >= 15 is 0 Å². The molecule has 0 aromatic heterocycles. The summed E-state index contributed by atoms with van der Waals surface area (Å²) in [4.78, 5) is 30.5. The molecule has 10 heteroatoms. The van der Waals surface area contributed by atoms with Crippen LogP contribution in [0.15, 0.2) is 12.8 Å². The fourth-order valence-corrected chi connectivity index (χ4v) is 2.06. The molecule has 0 spiro atoms. The van der Waals surface area contributed by atoms with Crippen LogP contribution in [0, 0.1) is 5.92 Å². The smallest absolute Gasteiger partial charge is 0.315 e. The number of hydrogen-bond donors (Lipinski definition) is 3. The summed E-state index contributed by atoms with van der Waals surface area (Å²) in [5.74, 6) is 0.850. The van der Waals surface area contributed by atoms with Gasteiger partial charge in [0.2, 0.25) is 0 Å². The first-order valence-corrected chi connectivity index (χ1v) is 10.5. The first-order chi connectivity index (χ1) is 12.3. The van der Waals surface area contributed by atoms with Gasteiger partial charge in [0.25, 0.3) is 0 Å². The Bertz CT molecular complexity index is 325. The quantitative estimate of drug-likeness (QED) is 0.106. The first kappa shape index (κ1) is 27.7. The monoisotopic (exact) mass is 402 g/mol. The Morgan fingerprint density at radius 2 is 1.31 bits per heavy atom. The Morgan fingerprint density at radius 3 is 1.77 bits per heavy atom. The van der Waals surface area contributed by atoms with E-state index in [1.807, 2.05) is 0 Å². The lowest BCUT2D eigenvalue weighted by molar-refractivity contribution is -0.700. The first-order valence-electron chi connectivity index (χ1n) is 8.94. The second-order valence-electron chi connectivity index (χ2n) is 6.17. The van der Waals surface area contributed by atoms with Crippen LogP contribution in [0.2, 0.25) is 0 Å². The lowest BCUT2D eigenvalue weighted by Gasteiger charge is -2.04. The molecule has 158 valence electrons. The summed E-state index contributed by atoms with van der Waals surface area (Å²) >= 11 is 0. The fraction of sp³-hybridized carbons (Fsp3) is 0.875. The second kappa shape index (κ2) is 20.8. The van der Waals surface area contributed by atoms with Crippen LogP contribution in [0.25, 0.3) is 0 Å². The van der Waals surface area contributed by atoms with Gasteiger partial charge in [0.15, 0.2) is 0 Å². The molecule has 0 fully saturated rings. The van der Waals surface area contributed by atoms with Crippen LogP contribution in [-0.4, -0.2) is 21.3 Å². The fourth-order valence-electron chi connectivity index (χ4n) is 2.06. The van der Waals surface area contributed by atoms with Gasteiger partial charge in [-0.3, -0.25) is 0 Å². The molecule has 0 aromatic rings. The number of unbranched alkanes of at least 4 members (excludes halogenated alkanes) is 8. The summed E-state index contributed by atoms with van der Waals surface area (Å²) in [5, 5.41) is 12.3. The van der Waals surface area contributed by atoms with Crippen molar-refractivity contribution in [2.75, 3.05) is 6.61 Å². The Labute approximate surface area is 156 Å². The van der Waals surface area contributed by atoms with Gasteiger partial charge in [0, 0.05) is 10.1 Å². The molecule has 0 aliphatic carbocycles. The minimum Gasteiger partial charge on any atom is -0.315 e. The van der Waals surface area contributed by atoms with Crippen LogP contribution in [0.1, 0.15) is 78.1 Å². The van der Waals surface area contributed by atoms with E-state index in [9.17, 15) is 0 Å². The molecule has 0 aliphatic heterocycles. The van der Waals surface area contributed by atoms with Crippen molar-refractivity contribution in [3.05, 3.63) is 12.8 Å². The van der Waals surface area contributed by atoms with Crippen LogP contribution in [0.5, 0.6) is 0 Å². The Hall–Kier alpha value is -0.510. The molecule has 0 bridgehead atoms. The Balaban J connectivity index is 0. The van der Waals surface area contributed by atoms with Gasteiger partial charge in [-0.25, -0.2) is 9.45 Å². The van der Waals surface area contributed by atoms with Crippen molar-refractivity contribution in [2.24, 2.45) is 5.92 Å². The SMILES string of the molecule is C=COOOOOCCCCCCCCCCCC(C)C.O=P(O)(O)O. The lowest BCUT2D eigenvalue weighted by Crippen LogP contribution is -1.99. The van der Waals surface area contributed by atoms with Gasteiger partial charge in [0.05, 0.1) is 6.61 Å². The van der Waals surface area contributed by atoms with E-state index in [1.165, 1.54) is 51.4 Å². The van der Waals surface area contributed by atoms with Crippen molar-refractivity contribution in [2.45, 2.75) is 78.1 Å². The van der Waals surface area contributed by atoms with Gasteiger partial charge < -0.3 is 19.6 Å². The number of rotatable bonds is 17. The lowest BCUT2D eigenvalue weighted by atomic mass is 10.0. The zero-order valence-electron chi connectivity index (χ0n) is 15.9. The average Bonchev–Trinajstić information content (AvgIpc) is 2.52. The largest absolute Gasteiger partial charge is 0.466 e. The second-order valence-corrected chi connectivity index (χ2v) is 7.19. The third-order valence-electron chi connectivity index (χ3n) is 3.22. The maximum Gasteiger partial charge on any atom is 0.466 e. The van der Waals surface area contributed by atoms with E-state index in [2.05, 4.69) is 40.4 Å². The number of hydrogen-bond acceptors (Lipinski definition) is 6. The summed E-state index contributed by atoms with van der Waals surface area (Å²) in [5.41, 5.74) is 0. The summed E-state index contributed by atoms with van der Waals surface area (Å²) in [6.45, 7) is 8.32. The molecule has 0 radical (unpaired) electrons. The average molecular weight is 402 g/mol. The highest BCUT2D eigenvalue weighted by Gasteiger charge is 2.00. The Morgan fingerprint density at radius 1 is 0.846 bits per heavy atom. The van der Waals surface area contributed by atoms with E-state index in [4.69, 9.17) is 24.1 Å². The van der Waals surface area contributed by atoms with Gasteiger partial charge >= 0.3 is 7.82 Å². The van der Waals surface area contributed by atoms with E-state index in [0.717, 1.165) is 25.0 Å². The molecule has 9 nitrogen and oxygen atoms in total. The van der Waals surface area contributed by atoms with Crippen LogP contribution in [0.3, 0.4) is 0 Å². The summed E-state index contributed by atoms with van der Waals surface area (Å²) in [7, 11) is -4.64. The molecule has 3 N–H and O–H groups in total. The minimum absolute atomic E-state index is 0.479. The third kappa shape index (κ3) is 38.8. The van der Waals surface area contributed by atoms with Crippen molar-refractivity contribution < 1.29 is 44.1 Å². The molecule has 0 heterocycles. The van der Waals surface area contributed by atoms with Crippen molar-refractivity contribution in [3.63, 3.8) is 0 Å². The number of phosphoric acid groups is 1. The van der Waals surface area contributed by atoms with E-state index in [-0.39, 0.29) is 0 Å². The summed E-state index contributed by atoms with van der Waals surface area (Å²) < 4.78 is 8.88. The van der Waals surface area contributed by atoms with Crippen molar-refractivity contribution in [3.8, 4) is 0 Å². The van der Waals surface area contributed by atoms with Crippen molar-refractivity contribution in [1.82, 2.24) is 0 Å². The van der Waals surface area contributed by atoms with Crippen LogP contribution >= 0.6 is 7.82 Å². The van der Waals surface area contributed by atoms with Gasteiger partial charge in [-0.1, -0.05) is 78.2 Å². The topological polar surface area (TPSA) is 124 Å². The molecule has 26 heavy (non-hydrogen) atoms. The summed E-state index contributed by atoms with van der Waals surface area (Å²) in [6.07, 6.45) is 13.9. The zero-order chi connectivity index (χ0) is 20.1. The van der Waals surface area contributed by atoms with E-state index in [1.54, 1.807) is 0 Å². The van der Waals surface area contributed by atoms with Gasteiger partial charge in [-0.15, -0.1) is 0 Å². The van der Waals surface area contributed by atoms with Crippen molar-refractivity contribution in [1.29, 1.82) is 0 Å². The third-order valence-corrected chi connectivity index (χ3v) is 3.22. The van der Waals surface area contributed by atoms with Gasteiger partial charge in [-0.2, -0.15) is 0 Å². The van der Waals surface area contributed by atoms with E-state index in [0.29, 0.717) is 6.61 Å². The molecular formula is C16H35O9P. The maximum atomic E-state index is 8.88. The van der Waals surface area contributed by atoms with Crippen LogP contribution in [0.4, 0.5) is 0 Å². The standard InChI is InChI=1S/C16H32O5.H3O4P/c1-4-17-19-21-20-18-15-13-11-9-7-5-6-8-10-12-14-16(2)3;1-5(2,3)4/h4,16H,1,5-15H2,2-3H3;(H3,1,2,3,4). The molecule has 0 unspecified atom stereocenters. The molecule has 0 saturated carbocycles. The highest BCUT2D eigenvalue weighted by molar-refractivity contribution is 7.45. The maximum absolute atomic E-state index is 8.88. The normalized spacial score (nSPS) is 11.2. The van der Waals surface area contributed by atoms with Crippen LogP contribution in [-0.2, 0) is 29.5 Å². The van der Waals surface area contributed by atoms with E-state index < -0.39 is 7.82 Å². The summed E-state index contributed by atoms with van der Waals surface area (Å²) in [6, 6.07) is 0. The molecule has 0 aliphatic rings. The Kier molecular flexibility index (Phi) is 22.2. The molecule has 0 atom stereocenters. The molecule has 0 aromatic carbocycles. The molecule has 0 amide bonds. The highest BCUT2D eigenvalue weighted by Crippen LogP contribution is 2.25.